The van der Waals surface area contributed by atoms with Gasteiger partial charge in [-0.15, -0.1) is 0 Å². The number of aromatic nitrogens is 2. The van der Waals surface area contributed by atoms with Gasteiger partial charge in [-0.3, -0.25) is 0 Å². The Labute approximate surface area is 118 Å². The van der Waals surface area contributed by atoms with Gasteiger partial charge in [0.1, 0.15) is 5.75 Å². The maximum Gasteiger partial charge on any atom is 0.151 e. The molecule has 5 nitrogen and oxygen atoms in total. The van der Waals surface area contributed by atoms with Gasteiger partial charge in [-0.2, -0.15) is 5.10 Å². The number of hydrogen-bond donors (Lipinski definition) is 1. The first-order valence-electron chi connectivity index (χ1n) is 6.86. The summed E-state index contributed by atoms with van der Waals surface area (Å²) in [5.74, 6) is 1.42. The summed E-state index contributed by atoms with van der Waals surface area (Å²) in [6.07, 6.45) is 1.01. The number of benzene rings is 1. The number of nitrogens with two attached hydrogens (primary N) is 1. The highest BCUT2D eigenvalue weighted by Gasteiger charge is 2.20. The van der Waals surface area contributed by atoms with E-state index in [4.69, 9.17) is 15.2 Å². The van der Waals surface area contributed by atoms with E-state index in [0.29, 0.717) is 19.0 Å². The zero-order chi connectivity index (χ0) is 14.1. The second-order valence-electron chi connectivity index (χ2n) is 5.19. The number of hydrogen-bond acceptors (Lipinski definition) is 4. The van der Waals surface area contributed by atoms with Gasteiger partial charge >= 0.3 is 0 Å². The van der Waals surface area contributed by atoms with Crippen molar-refractivity contribution in [1.29, 1.82) is 0 Å². The number of nitrogens with zero attached hydrogens (tertiary/aromatic N) is 2. The summed E-state index contributed by atoms with van der Waals surface area (Å²) < 4.78 is 13.0. The molecule has 1 aliphatic rings. The molecule has 1 aromatic carbocycles. The van der Waals surface area contributed by atoms with Crippen molar-refractivity contribution in [3.05, 3.63) is 35.5 Å². The molecule has 0 saturated heterocycles. The molecule has 0 atom stereocenters. The van der Waals surface area contributed by atoms with Gasteiger partial charge in [0.15, 0.2) is 5.82 Å². The van der Waals surface area contributed by atoms with Crippen LogP contribution in [0.25, 0.3) is 5.69 Å². The van der Waals surface area contributed by atoms with Gasteiger partial charge in [0.05, 0.1) is 30.7 Å². The van der Waals surface area contributed by atoms with Gasteiger partial charge in [-0.05, 0) is 38.1 Å². The first-order valence-corrected chi connectivity index (χ1v) is 6.86. The van der Waals surface area contributed by atoms with E-state index in [1.807, 2.05) is 42.8 Å². The van der Waals surface area contributed by atoms with Crippen LogP contribution in [0.2, 0.25) is 0 Å². The van der Waals surface area contributed by atoms with Gasteiger partial charge in [0, 0.05) is 12.0 Å². The Balaban J connectivity index is 1.93. The lowest BCUT2D eigenvalue weighted by Gasteiger charge is -2.15. The maximum atomic E-state index is 5.96. The number of nitrogen functional groups attached to an aromatic ring is 1. The average molecular weight is 273 g/mol. The first kappa shape index (κ1) is 13.0. The largest absolute Gasteiger partial charge is 0.491 e. The molecule has 20 heavy (non-hydrogen) atoms. The lowest BCUT2D eigenvalue weighted by molar-refractivity contribution is 0.110. The molecule has 1 aliphatic heterocycles. The second-order valence-corrected chi connectivity index (χ2v) is 5.19. The zero-order valence-electron chi connectivity index (χ0n) is 11.8. The fourth-order valence-corrected chi connectivity index (χ4v) is 2.41. The normalized spacial score (nSPS) is 14.3. The SMILES string of the molecule is CC(C)Oc1ccc(-n2nc(N)c3c2CCOC3)cc1. The number of anilines is 1. The zero-order valence-corrected chi connectivity index (χ0v) is 11.8. The molecule has 3 rings (SSSR count). The Morgan fingerprint density at radius 3 is 2.75 bits per heavy atom. The molecule has 0 bridgehead atoms. The fourth-order valence-electron chi connectivity index (χ4n) is 2.41. The van der Waals surface area contributed by atoms with Crippen LogP contribution < -0.4 is 10.5 Å². The summed E-state index contributed by atoms with van der Waals surface area (Å²) in [5, 5.41) is 4.43. The Bertz CT molecular complexity index is 602. The van der Waals surface area contributed by atoms with Crippen molar-refractivity contribution in [2.45, 2.75) is 33.0 Å². The monoisotopic (exact) mass is 273 g/mol. The third-order valence-electron chi connectivity index (χ3n) is 3.30. The molecule has 2 heterocycles. The molecule has 2 aromatic rings. The molecule has 0 aliphatic carbocycles. The molecule has 0 radical (unpaired) electrons. The Kier molecular flexibility index (Phi) is 3.36. The van der Waals surface area contributed by atoms with Gasteiger partial charge in [-0.1, -0.05) is 0 Å². The van der Waals surface area contributed by atoms with E-state index in [0.717, 1.165) is 29.1 Å². The third kappa shape index (κ3) is 2.36. The van der Waals surface area contributed by atoms with Gasteiger partial charge < -0.3 is 15.2 Å². The van der Waals surface area contributed by atoms with Crippen LogP contribution in [0.1, 0.15) is 25.1 Å². The third-order valence-corrected chi connectivity index (χ3v) is 3.30. The molecule has 0 spiro atoms. The first-order chi connectivity index (χ1) is 9.65. The van der Waals surface area contributed by atoms with Crippen molar-refractivity contribution in [3.8, 4) is 11.4 Å². The van der Waals surface area contributed by atoms with Crippen molar-refractivity contribution >= 4 is 5.82 Å². The van der Waals surface area contributed by atoms with Crippen LogP contribution in [0.3, 0.4) is 0 Å². The van der Waals surface area contributed by atoms with Gasteiger partial charge in [0.2, 0.25) is 0 Å². The minimum atomic E-state index is 0.172. The molecule has 1 aromatic heterocycles. The highest BCUT2D eigenvalue weighted by atomic mass is 16.5. The maximum absolute atomic E-state index is 5.96. The van der Waals surface area contributed by atoms with Crippen molar-refractivity contribution in [2.24, 2.45) is 0 Å². The predicted molar refractivity (Wildman–Crippen MR) is 77.1 cm³/mol. The molecule has 5 heteroatoms. The van der Waals surface area contributed by atoms with Crippen LogP contribution in [0.5, 0.6) is 5.75 Å². The van der Waals surface area contributed by atoms with E-state index in [1.54, 1.807) is 0 Å². The van der Waals surface area contributed by atoms with Crippen LogP contribution in [0, 0.1) is 0 Å². The molecule has 0 fully saturated rings. The van der Waals surface area contributed by atoms with Crippen LogP contribution in [0.15, 0.2) is 24.3 Å². The van der Waals surface area contributed by atoms with Gasteiger partial charge in [0.25, 0.3) is 0 Å². The number of rotatable bonds is 3. The average Bonchev–Trinajstić information content (AvgIpc) is 2.77. The Hall–Kier alpha value is -2.01. The smallest absolute Gasteiger partial charge is 0.151 e. The fraction of sp³-hybridized carbons (Fsp3) is 0.400. The minimum absolute atomic E-state index is 0.172. The lowest BCUT2D eigenvalue weighted by Crippen LogP contribution is -2.13. The topological polar surface area (TPSA) is 62.3 Å². The summed E-state index contributed by atoms with van der Waals surface area (Å²) in [7, 11) is 0. The van der Waals surface area contributed by atoms with Crippen LogP contribution in [0.4, 0.5) is 5.82 Å². The molecule has 2 N–H and O–H groups in total. The van der Waals surface area contributed by atoms with Crippen LogP contribution in [-0.2, 0) is 17.8 Å². The quantitative estimate of drug-likeness (QED) is 0.932. The summed E-state index contributed by atoms with van der Waals surface area (Å²) >= 11 is 0. The summed E-state index contributed by atoms with van der Waals surface area (Å²) in [6, 6.07) is 7.91. The van der Waals surface area contributed by atoms with E-state index in [1.165, 1.54) is 0 Å². The van der Waals surface area contributed by atoms with E-state index >= 15 is 0 Å². The Morgan fingerprint density at radius 2 is 2.05 bits per heavy atom. The van der Waals surface area contributed by atoms with Crippen molar-refractivity contribution in [2.75, 3.05) is 12.3 Å². The highest BCUT2D eigenvalue weighted by molar-refractivity contribution is 5.48. The lowest BCUT2D eigenvalue weighted by atomic mass is 10.1. The Morgan fingerprint density at radius 1 is 1.30 bits per heavy atom. The summed E-state index contributed by atoms with van der Waals surface area (Å²) in [4.78, 5) is 0. The number of fused-ring (bicyclic) bond motifs is 1. The second kappa shape index (κ2) is 5.17. The molecular weight excluding hydrogens is 254 g/mol. The van der Waals surface area contributed by atoms with E-state index < -0.39 is 0 Å². The standard InChI is InChI=1S/C15H19N3O2/c1-10(2)20-12-5-3-11(4-6-12)18-14-7-8-19-9-13(14)15(16)17-18/h3-6,10H,7-9H2,1-2H3,(H2,16,17). The van der Waals surface area contributed by atoms with Gasteiger partial charge in [-0.25, -0.2) is 4.68 Å². The molecule has 0 amide bonds. The van der Waals surface area contributed by atoms with E-state index in [-0.39, 0.29) is 6.10 Å². The van der Waals surface area contributed by atoms with Crippen LogP contribution in [-0.4, -0.2) is 22.5 Å². The molecule has 106 valence electrons. The summed E-state index contributed by atoms with van der Waals surface area (Å²) in [5.41, 5.74) is 9.11. The molecular formula is C15H19N3O2. The minimum Gasteiger partial charge on any atom is -0.491 e. The van der Waals surface area contributed by atoms with E-state index in [2.05, 4.69) is 5.10 Å². The van der Waals surface area contributed by atoms with Crippen molar-refractivity contribution in [1.82, 2.24) is 9.78 Å². The molecule has 0 unspecified atom stereocenters. The highest BCUT2D eigenvalue weighted by Crippen LogP contribution is 2.26. The number of ether oxygens (including phenoxy) is 2. The van der Waals surface area contributed by atoms with Crippen LogP contribution >= 0.6 is 0 Å². The predicted octanol–water partition coefficient (Wildman–Crippen LogP) is 2.31. The summed E-state index contributed by atoms with van der Waals surface area (Å²) in [6.45, 7) is 5.29. The van der Waals surface area contributed by atoms with Crippen molar-refractivity contribution in [3.63, 3.8) is 0 Å². The van der Waals surface area contributed by atoms with E-state index in [9.17, 15) is 0 Å². The molecule has 0 saturated carbocycles. The van der Waals surface area contributed by atoms with Crippen molar-refractivity contribution < 1.29 is 9.47 Å².